The molecule has 20 heavy (non-hydrogen) atoms. The van der Waals surface area contributed by atoms with Gasteiger partial charge in [-0.05, 0) is 37.1 Å². The van der Waals surface area contributed by atoms with Crippen molar-refractivity contribution >= 4 is 39.2 Å². The Morgan fingerprint density at radius 2 is 1.85 bits per heavy atom. The molecule has 2 aromatic rings. The van der Waals surface area contributed by atoms with E-state index in [2.05, 4.69) is 56.1 Å². The van der Waals surface area contributed by atoms with Gasteiger partial charge in [0.2, 0.25) is 0 Å². The molecule has 104 valence electrons. The molecule has 2 heterocycles. The first-order valence-corrected chi connectivity index (χ1v) is 8.89. The largest absolute Gasteiger partial charge is 0.324 e. The summed E-state index contributed by atoms with van der Waals surface area (Å²) in [7, 11) is 0. The first-order valence-electron chi connectivity index (χ1n) is 6.95. The third-order valence-corrected chi connectivity index (χ3v) is 5.06. The molecule has 0 unspecified atom stereocenters. The van der Waals surface area contributed by atoms with E-state index in [0.29, 0.717) is 0 Å². The van der Waals surface area contributed by atoms with Gasteiger partial charge in [-0.2, -0.15) is 0 Å². The number of hydrogen-bond donors (Lipinski definition) is 0. The normalized spacial score (nSPS) is 12.9. The smallest absolute Gasteiger partial charge is 0.147 e. The highest BCUT2D eigenvalue weighted by Gasteiger charge is 2.23. The number of benzene rings is 1. The standard InChI is InChI=1S/C16H17BrN2S/c17-10-4-1-5-12-19-13-7-2-3-8-14(13)20-15-9-6-11-18-16(15)19/h2-3,6-9,11H,1,4-5,10,12H2. The number of unbranched alkanes of at least 4 members (excludes halogenated alkanes) is 2. The number of nitrogens with zero attached hydrogens (tertiary/aromatic N) is 2. The van der Waals surface area contributed by atoms with Gasteiger partial charge in [-0.3, -0.25) is 0 Å². The van der Waals surface area contributed by atoms with Crippen LogP contribution in [0.2, 0.25) is 0 Å². The van der Waals surface area contributed by atoms with Gasteiger partial charge in [0.1, 0.15) is 5.82 Å². The van der Waals surface area contributed by atoms with Crippen molar-refractivity contribution in [1.29, 1.82) is 0 Å². The van der Waals surface area contributed by atoms with Gasteiger partial charge >= 0.3 is 0 Å². The fourth-order valence-electron chi connectivity index (χ4n) is 2.43. The summed E-state index contributed by atoms with van der Waals surface area (Å²) in [6, 6.07) is 12.8. The zero-order chi connectivity index (χ0) is 13.8. The monoisotopic (exact) mass is 348 g/mol. The Morgan fingerprint density at radius 1 is 1.00 bits per heavy atom. The molecule has 0 aliphatic carbocycles. The number of rotatable bonds is 5. The Balaban J connectivity index is 1.87. The highest BCUT2D eigenvalue weighted by molar-refractivity contribution is 9.09. The average Bonchev–Trinajstić information content (AvgIpc) is 2.50. The fraction of sp³-hybridized carbons (Fsp3) is 0.312. The molecule has 2 nitrogen and oxygen atoms in total. The number of alkyl halides is 1. The van der Waals surface area contributed by atoms with E-state index in [0.717, 1.165) is 17.7 Å². The summed E-state index contributed by atoms with van der Waals surface area (Å²) in [5.74, 6) is 1.11. The predicted octanol–water partition coefficient (Wildman–Crippen LogP) is 5.25. The van der Waals surface area contributed by atoms with E-state index in [1.807, 2.05) is 24.0 Å². The van der Waals surface area contributed by atoms with Crippen LogP contribution in [0.4, 0.5) is 11.5 Å². The average molecular weight is 349 g/mol. The molecular formula is C16H17BrN2S. The third-order valence-electron chi connectivity index (χ3n) is 3.40. The van der Waals surface area contributed by atoms with Gasteiger partial charge < -0.3 is 4.90 Å². The number of anilines is 2. The summed E-state index contributed by atoms with van der Waals surface area (Å²) in [6.45, 7) is 1.04. The number of para-hydroxylation sites is 1. The van der Waals surface area contributed by atoms with Gasteiger partial charge in [0.15, 0.2) is 0 Å². The molecule has 0 saturated carbocycles. The van der Waals surface area contributed by atoms with Crippen molar-refractivity contribution in [2.24, 2.45) is 0 Å². The molecule has 0 amide bonds. The Hall–Kier alpha value is -1.00. The summed E-state index contributed by atoms with van der Waals surface area (Å²) in [6.07, 6.45) is 5.57. The second-order valence-corrected chi connectivity index (χ2v) is 6.67. The van der Waals surface area contributed by atoms with Gasteiger partial charge in [0.25, 0.3) is 0 Å². The molecule has 0 fully saturated rings. The highest BCUT2D eigenvalue weighted by Crippen LogP contribution is 2.46. The molecule has 4 heteroatoms. The minimum absolute atomic E-state index is 1.04. The van der Waals surface area contributed by atoms with E-state index in [-0.39, 0.29) is 0 Å². The number of aromatic nitrogens is 1. The van der Waals surface area contributed by atoms with Crippen molar-refractivity contribution in [3.63, 3.8) is 0 Å². The van der Waals surface area contributed by atoms with Crippen LogP contribution in [0.15, 0.2) is 52.4 Å². The van der Waals surface area contributed by atoms with Crippen molar-refractivity contribution in [3.05, 3.63) is 42.6 Å². The summed E-state index contributed by atoms with van der Waals surface area (Å²) in [5.41, 5.74) is 1.29. The minimum Gasteiger partial charge on any atom is -0.324 e. The van der Waals surface area contributed by atoms with Gasteiger partial charge in [0, 0.05) is 23.0 Å². The van der Waals surface area contributed by atoms with Crippen molar-refractivity contribution in [3.8, 4) is 0 Å². The van der Waals surface area contributed by atoms with E-state index < -0.39 is 0 Å². The Kier molecular flexibility index (Phi) is 4.63. The van der Waals surface area contributed by atoms with Crippen LogP contribution in [-0.4, -0.2) is 16.9 Å². The van der Waals surface area contributed by atoms with E-state index in [1.54, 1.807) is 0 Å². The molecule has 1 aromatic heterocycles. The maximum absolute atomic E-state index is 4.59. The second-order valence-electron chi connectivity index (χ2n) is 4.80. The number of fused-ring (bicyclic) bond motifs is 2. The first-order chi connectivity index (χ1) is 9.90. The molecule has 1 aliphatic rings. The van der Waals surface area contributed by atoms with Crippen LogP contribution in [0, 0.1) is 0 Å². The van der Waals surface area contributed by atoms with Crippen LogP contribution in [0.3, 0.4) is 0 Å². The number of pyridine rings is 1. The van der Waals surface area contributed by atoms with Gasteiger partial charge in [0.05, 0.1) is 10.6 Å². The van der Waals surface area contributed by atoms with Crippen molar-refractivity contribution < 1.29 is 0 Å². The number of halogens is 1. The fourth-order valence-corrected chi connectivity index (χ4v) is 3.89. The van der Waals surface area contributed by atoms with E-state index in [4.69, 9.17) is 0 Å². The molecule has 0 bridgehead atoms. The molecule has 3 rings (SSSR count). The summed E-state index contributed by atoms with van der Waals surface area (Å²) in [5, 5.41) is 1.09. The Bertz CT molecular complexity index is 543. The van der Waals surface area contributed by atoms with Gasteiger partial charge in [-0.25, -0.2) is 4.98 Å². The maximum atomic E-state index is 4.59. The van der Waals surface area contributed by atoms with Gasteiger partial charge in [-0.15, -0.1) is 0 Å². The quantitative estimate of drug-likeness (QED) is 0.542. The first kappa shape index (κ1) is 14.0. The van der Waals surface area contributed by atoms with E-state index in [1.165, 1.54) is 34.7 Å². The summed E-state index contributed by atoms with van der Waals surface area (Å²) in [4.78, 5) is 9.55. The SMILES string of the molecule is BrCCCCCN1c2ccccc2Sc2cccnc21. The summed E-state index contributed by atoms with van der Waals surface area (Å²) >= 11 is 5.32. The lowest BCUT2D eigenvalue weighted by molar-refractivity contribution is 0.714. The van der Waals surface area contributed by atoms with Crippen LogP contribution in [0.5, 0.6) is 0 Å². The topological polar surface area (TPSA) is 16.1 Å². The van der Waals surface area contributed by atoms with Crippen molar-refractivity contribution in [1.82, 2.24) is 4.98 Å². The highest BCUT2D eigenvalue weighted by atomic mass is 79.9. The van der Waals surface area contributed by atoms with Crippen molar-refractivity contribution in [2.75, 3.05) is 16.8 Å². The molecule has 0 atom stereocenters. The van der Waals surface area contributed by atoms with Crippen LogP contribution >= 0.6 is 27.7 Å². The van der Waals surface area contributed by atoms with Gasteiger partial charge in [-0.1, -0.05) is 46.2 Å². The maximum Gasteiger partial charge on any atom is 0.147 e. The lowest BCUT2D eigenvalue weighted by Crippen LogP contribution is -2.23. The van der Waals surface area contributed by atoms with E-state index >= 15 is 0 Å². The van der Waals surface area contributed by atoms with Crippen LogP contribution in [-0.2, 0) is 0 Å². The molecule has 1 aromatic carbocycles. The molecule has 0 radical (unpaired) electrons. The Labute approximate surface area is 132 Å². The van der Waals surface area contributed by atoms with Crippen LogP contribution in [0.1, 0.15) is 19.3 Å². The van der Waals surface area contributed by atoms with E-state index in [9.17, 15) is 0 Å². The molecular weight excluding hydrogens is 332 g/mol. The molecule has 1 aliphatic heterocycles. The number of hydrogen-bond acceptors (Lipinski definition) is 3. The van der Waals surface area contributed by atoms with Crippen molar-refractivity contribution in [2.45, 2.75) is 29.1 Å². The van der Waals surface area contributed by atoms with Crippen LogP contribution in [0.25, 0.3) is 0 Å². The second kappa shape index (κ2) is 6.64. The molecule has 0 saturated heterocycles. The third kappa shape index (κ3) is 2.86. The Morgan fingerprint density at radius 3 is 2.75 bits per heavy atom. The zero-order valence-corrected chi connectivity index (χ0v) is 13.7. The lowest BCUT2D eigenvalue weighted by Gasteiger charge is -2.31. The summed E-state index contributed by atoms with van der Waals surface area (Å²) < 4.78 is 0. The molecule has 0 spiro atoms. The van der Waals surface area contributed by atoms with Crippen LogP contribution < -0.4 is 4.90 Å². The minimum atomic E-state index is 1.04. The predicted molar refractivity (Wildman–Crippen MR) is 89.5 cm³/mol. The zero-order valence-electron chi connectivity index (χ0n) is 11.3. The molecule has 0 N–H and O–H groups in total. The lowest BCUT2D eigenvalue weighted by atomic mass is 10.2.